The van der Waals surface area contributed by atoms with E-state index in [-0.39, 0.29) is 5.91 Å². The highest BCUT2D eigenvalue weighted by molar-refractivity contribution is 6.00. The van der Waals surface area contributed by atoms with Gasteiger partial charge in [0.25, 0.3) is 5.91 Å². The summed E-state index contributed by atoms with van der Waals surface area (Å²) in [5, 5.41) is 11.2. The largest absolute Gasteiger partial charge is 0.349 e. The highest BCUT2D eigenvalue weighted by Gasteiger charge is 2.40. The number of amides is 1. The summed E-state index contributed by atoms with van der Waals surface area (Å²) < 4.78 is 1.83. The van der Waals surface area contributed by atoms with E-state index in [0.29, 0.717) is 11.6 Å². The molecule has 0 bridgehead atoms. The Morgan fingerprint density at radius 2 is 2.00 bits per heavy atom. The summed E-state index contributed by atoms with van der Waals surface area (Å²) in [6.07, 6.45) is 6.71. The van der Waals surface area contributed by atoms with Crippen molar-refractivity contribution in [1.29, 1.82) is 0 Å². The first-order valence-corrected chi connectivity index (χ1v) is 7.96. The summed E-state index contributed by atoms with van der Waals surface area (Å²) in [6, 6.07) is 7.93. The molecule has 114 valence electrons. The van der Waals surface area contributed by atoms with Crippen molar-refractivity contribution in [1.82, 2.24) is 20.1 Å². The molecule has 0 unspecified atom stereocenters. The molecule has 0 spiro atoms. The first kappa shape index (κ1) is 13.5. The van der Waals surface area contributed by atoms with Gasteiger partial charge in [0.05, 0.1) is 5.56 Å². The van der Waals surface area contributed by atoms with Gasteiger partial charge in [-0.1, -0.05) is 18.2 Å². The second-order valence-electron chi connectivity index (χ2n) is 6.55. The van der Waals surface area contributed by atoms with Gasteiger partial charge in [-0.2, -0.15) is 0 Å². The Labute approximate surface area is 129 Å². The molecular weight excluding hydrogens is 276 g/mol. The topological polar surface area (TPSA) is 59.8 Å². The number of hydrogen-bond donors (Lipinski definition) is 1. The first-order chi connectivity index (χ1) is 10.7. The molecular formula is C17H20N4O. The van der Waals surface area contributed by atoms with E-state index in [0.717, 1.165) is 36.1 Å². The molecule has 22 heavy (non-hydrogen) atoms. The van der Waals surface area contributed by atoms with E-state index in [9.17, 15) is 4.79 Å². The molecule has 4 rings (SSSR count). The monoisotopic (exact) mass is 296 g/mol. The Balaban J connectivity index is 1.50. The first-order valence-electron chi connectivity index (χ1n) is 7.96. The fourth-order valence-corrected chi connectivity index (χ4v) is 3.40. The maximum atomic E-state index is 12.6. The smallest absolute Gasteiger partial charge is 0.252 e. The number of aromatic nitrogens is 3. The molecule has 0 aliphatic heterocycles. The van der Waals surface area contributed by atoms with Crippen LogP contribution in [0.5, 0.6) is 0 Å². The predicted molar refractivity (Wildman–Crippen MR) is 83.1 cm³/mol. The third-order valence-corrected chi connectivity index (χ3v) is 4.92. The zero-order valence-electron chi connectivity index (χ0n) is 12.7. The molecule has 0 atom stereocenters. The summed E-state index contributed by atoms with van der Waals surface area (Å²) in [5.41, 5.74) is 1.51. The number of hydrogen-bond acceptors (Lipinski definition) is 3. The minimum Gasteiger partial charge on any atom is -0.349 e. The van der Waals surface area contributed by atoms with Crippen molar-refractivity contribution in [2.24, 2.45) is 18.9 Å². The summed E-state index contributed by atoms with van der Waals surface area (Å²) in [6.45, 7) is 0. The van der Waals surface area contributed by atoms with Crippen molar-refractivity contribution in [3.8, 4) is 11.4 Å². The molecule has 1 aromatic carbocycles. The molecule has 1 amide bonds. The lowest BCUT2D eigenvalue weighted by molar-refractivity contribution is 0.0880. The van der Waals surface area contributed by atoms with Crippen molar-refractivity contribution in [3.05, 3.63) is 36.2 Å². The van der Waals surface area contributed by atoms with Gasteiger partial charge in [-0.25, -0.2) is 0 Å². The van der Waals surface area contributed by atoms with Gasteiger partial charge in [-0.05, 0) is 43.6 Å². The van der Waals surface area contributed by atoms with Gasteiger partial charge in [-0.3, -0.25) is 4.79 Å². The third kappa shape index (κ3) is 2.40. The number of benzene rings is 1. The number of nitrogens with zero attached hydrogens (tertiary/aromatic N) is 3. The van der Waals surface area contributed by atoms with Gasteiger partial charge >= 0.3 is 0 Å². The molecule has 2 saturated carbocycles. The van der Waals surface area contributed by atoms with E-state index in [4.69, 9.17) is 0 Å². The summed E-state index contributed by atoms with van der Waals surface area (Å²) in [4.78, 5) is 12.6. The molecule has 5 heteroatoms. The summed E-state index contributed by atoms with van der Waals surface area (Å²) in [7, 11) is 1.89. The van der Waals surface area contributed by atoms with Crippen molar-refractivity contribution in [3.63, 3.8) is 0 Å². The molecule has 2 aromatic rings. The molecule has 5 nitrogen and oxygen atoms in total. The van der Waals surface area contributed by atoms with Crippen LogP contribution in [-0.2, 0) is 7.05 Å². The molecule has 2 fully saturated rings. The third-order valence-electron chi connectivity index (χ3n) is 4.92. The van der Waals surface area contributed by atoms with Crippen LogP contribution >= 0.6 is 0 Å². The molecule has 0 radical (unpaired) electrons. The highest BCUT2D eigenvalue weighted by atomic mass is 16.1. The van der Waals surface area contributed by atoms with Crippen molar-refractivity contribution in [2.75, 3.05) is 0 Å². The normalized spacial score (nSPS) is 23.9. The Kier molecular flexibility index (Phi) is 3.21. The predicted octanol–water partition coefficient (Wildman–Crippen LogP) is 2.40. The van der Waals surface area contributed by atoms with E-state index in [1.807, 2.05) is 35.9 Å². The quantitative estimate of drug-likeness (QED) is 0.942. The number of carbonyl (C=O) groups excluding carboxylic acids is 1. The Hall–Kier alpha value is -2.17. The second kappa shape index (κ2) is 5.23. The van der Waals surface area contributed by atoms with Gasteiger partial charge in [0.2, 0.25) is 0 Å². The van der Waals surface area contributed by atoms with Crippen LogP contribution in [-0.4, -0.2) is 26.7 Å². The zero-order valence-corrected chi connectivity index (χ0v) is 12.7. The van der Waals surface area contributed by atoms with Crippen LogP contribution in [0.15, 0.2) is 30.6 Å². The van der Waals surface area contributed by atoms with E-state index >= 15 is 0 Å². The average Bonchev–Trinajstić information content (AvgIpc) is 3.23. The highest BCUT2D eigenvalue weighted by Crippen LogP contribution is 2.46. The van der Waals surface area contributed by atoms with Crippen LogP contribution in [0, 0.1) is 11.8 Å². The lowest BCUT2D eigenvalue weighted by Crippen LogP contribution is -2.45. The van der Waals surface area contributed by atoms with E-state index in [1.165, 1.54) is 12.8 Å². The Morgan fingerprint density at radius 1 is 1.23 bits per heavy atom. The Bertz CT molecular complexity index is 698. The average molecular weight is 296 g/mol. The second-order valence-corrected chi connectivity index (χ2v) is 6.55. The summed E-state index contributed by atoms with van der Waals surface area (Å²) >= 11 is 0. The van der Waals surface area contributed by atoms with Gasteiger partial charge in [-0.15, -0.1) is 10.2 Å². The summed E-state index contributed by atoms with van der Waals surface area (Å²) in [5.74, 6) is 2.51. The van der Waals surface area contributed by atoms with Gasteiger partial charge < -0.3 is 9.88 Å². The number of nitrogens with one attached hydrogen (secondary N) is 1. The Morgan fingerprint density at radius 3 is 2.68 bits per heavy atom. The van der Waals surface area contributed by atoms with Crippen molar-refractivity contribution in [2.45, 2.75) is 31.7 Å². The van der Waals surface area contributed by atoms with Crippen molar-refractivity contribution >= 4 is 5.91 Å². The fraction of sp³-hybridized carbons (Fsp3) is 0.471. The van der Waals surface area contributed by atoms with Crippen molar-refractivity contribution < 1.29 is 4.79 Å². The molecule has 2 aliphatic carbocycles. The molecule has 0 saturated heterocycles. The fourth-order valence-electron chi connectivity index (χ4n) is 3.40. The van der Waals surface area contributed by atoms with Crippen LogP contribution in [0.25, 0.3) is 11.4 Å². The lowest BCUT2D eigenvalue weighted by Gasteiger charge is -2.36. The molecule has 1 heterocycles. The number of aryl methyl sites for hydroxylation is 1. The van der Waals surface area contributed by atoms with E-state index in [2.05, 4.69) is 15.5 Å². The van der Waals surface area contributed by atoms with Crippen LogP contribution in [0.3, 0.4) is 0 Å². The molecule has 1 N–H and O–H groups in total. The van der Waals surface area contributed by atoms with Gasteiger partial charge in [0, 0.05) is 18.7 Å². The van der Waals surface area contributed by atoms with Crippen LogP contribution in [0.2, 0.25) is 0 Å². The SMILES string of the molecule is Cn1cnnc1-c1ccccc1C(=O)NC1CC(C2CC2)C1. The maximum absolute atomic E-state index is 12.6. The van der Waals surface area contributed by atoms with E-state index in [1.54, 1.807) is 6.33 Å². The molecule has 1 aromatic heterocycles. The van der Waals surface area contributed by atoms with Crippen LogP contribution < -0.4 is 5.32 Å². The molecule has 2 aliphatic rings. The van der Waals surface area contributed by atoms with Gasteiger partial charge in [0.15, 0.2) is 5.82 Å². The minimum absolute atomic E-state index is 0.00199. The maximum Gasteiger partial charge on any atom is 0.252 e. The minimum atomic E-state index is -0.00199. The van der Waals surface area contributed by atoms with Gasteiger partial charge in [0.1, 0.15) is 6.33 Å². The van der Waals surface area contributed by atoms with E-state index < -0.39 is 0 Å². The number of rotatable bonds is 4. The van der Waals surface area contributed by atoms with Crippen LogP contribution in [0.4, 0.5) is 0 Å². The standard InChI is InChI=1S/C17H20N4O/c1-21-10-18-20-16(21)14-4-2-3-5-15(14)17(22)19-13-8-12(9-13)11-6-7-11/h2-5,10-13H,6-9H2,1H3,(H,19,22). The lowest BCUT2D eigenvalue weighted by atomic mass is 9.77. The zero-order chi connectivity index (χ0) is 15.1. The number of carbonyl (C=O) groups is 1. The van der Waals surface area contributed by atoms with Crippen LogP contribution in [0.1, 0.15) is 36.0 Å².